The van der Waals surface area contributed by atoms with Crippen molar-refractivity contribution in [3.63, 3.8) is 0 Å². The molecule has 1 heterocycles. The van der Waals surface area contributed by atoms with E-state index >= 15 is 0 Å². The number of halogens is 2. The zero-order chi connectivity index (χ0) is 22.9. The van der Waals surface area contributed by atoms with Crippen LogP contribution in [-0.4, -0.2) is 37.8 Å². The van der Waals surface area contributed by atoms with Crippen LogP contribution < -0.4 is 19.5 Å². The van der Waals surface area contributed by atoms with Gasteiger partial charge in [-0.25, -0.2) is 4.98 Å². The highest BCUT2D eigenvalue weighted by Gasteiger charge is 2.13. The van der Waals surface area contributed by atoms with Crippen LogP contribution in [0.15, 0.2) is 47.8 Å². The Kier molecular flexibility index (Phi) is 8.38. The number of methoxy groups -OCH3 is 1. The highest BCUT2D eigenvalue weighted by atomic mass is 32.1. The molecule has 0 aliphatic carbocycles. The summed E-state index contributed by atoms with van der Waals surface area (Å²) in [5.41, 5.74) is 2.31. The summed E-state index contributed by atoms with van der Waals surface area (Å²) in [6, 6.07) is 12.4. The molecule has 0 saturated heterocycles. The molecule has 9 heteroatoms. The summed E-state index contributed by atoms with van der Waals surface area (Å²) in [7, 11) is 1.38. The van der Waals surface area contributed by atoms with Gasteiger partial charge in [0.05, 0.1) is 31.4 Å². The molecule has 0 radical (unpaired) electrons. The third kappa shape index (κ3) is 6.40. The third-order valence-electron chi connectivity index (χ3n) is 4.49. The second kappa shape index (κ2) is 11.4. The number of aromatic nitrogens is 1. The van der Waals surface area contributed by atoms with Crippen LogP contribution in [0, 0.1) is 0 Å². The SMILES string of the molecule is CCOc1ccccc1-c1nc(CC(=O)NCCc2ccc(OC)c(OC(F)F)c2)cs1. The average molecular weight is 463 g/mol. The van der Waals surface area contributed by atoms with Crippen LogP contribution in [0.4, 0.5) is 8.78 Å². The van der Waals surface area contributed by atoms with Gasteiger partial charge in [0.25, 0.3) is 0 Å². The van der Waals surface area contributed by atoms with Crippen molar-refractivity contribution in [1.82, 2.24) is 10.3 Å². The molecular weight excluding hydrogens is 438 g/mol. The first-order valence-electron chi connectivity index (χ1n) is 10.0. The molecule has 2 aromatic carbocycles. The van der Waals surface area contributed by atoms with E-state index in [-0.39, 0.29) is 23.8 Å². The number of ether oxygens (including phenoxy) is 3. The maximum Gasteiger partial charge on any atom is 0.387 e. The molecule has 0 aliphatic rings. The second-order valence-electron chi connectivity index (χ2n) is 6.71. The Morgan fingerprint density at radius 2 is 1.97 bits per heavy atom. The van der Waals surface area contributed by atoms with E-state index in [2.05, 4.69) is 15.0 Å². The maximum absolute atomic E-state index is 12.6. The third-order valence-corrected chi connectivity index (χ3v) is 5.42. The van der Waals surface area contributed by atoms with Crippen molar-refractivity contribution in [3.8, 4) is 27.8 Å². The minimum atomic E-state index is -2.94. The number of nitrogens with one attached hydrogen (secondary N) is 1. The second-order valence-corrected chi connectivity index (χ2v) is 7.57. The van der Waals surface area contributed by atoms with Crippen LogP contribution in [0.2, 0.25) is 0 Å². The topological polar surface area (TPSA) is 69.7 Å². The quantitative estimate of drug-likeness (QED) is 0.447. The Morgan fingerprint density at radius 3 is 2.72 bits per heavy atom. The number of benzene rings is 2. The number of amides is 1. The van der Waals surface area contributed by atoms with Gasteiger partial charge in [-0.2, -0.15) is 8.78 Å². The van der Waals surface area contributed by atoms with Crippen LogP contribution in [0.1, 0.15) is 18.2 Å². The lowest BCUT2D eigenvalue weighted by molar-refractivity contribution is -0.120. The summed E-state index contributed by atoms with van der Waals surface area (Å²) in [5, 5.41) is 5.48. The Bertz CT molecular complexity index is 1040. The Balaban J connectivity index is 1.54. The summed E-state index contributed by atoms with van der Waals surface area (Å²) in [6.07, 6.45) is 0.606. The predicted octanol–water partition coefficient (Wildman–Crippen LogP) is 4.72. The Hall–Kier alpha value is -3.20. The number of carbonyl (C=O) groups excluding carboxylic acids is 1. The van der Waals surface area contributed by atoms with Gasteiger partial charge in [0.2, 0.25) is 5.91 Å². The largest absolute Gasteiger partial charge is 0.493 e. The number of para-hydroxylation sites is 1. The van der Waals surface area contributed by atoms with E-state index < -0.39 is 6.61 Å². The van der Waals surface area contributed by atoms with Gasteiger partial charge in [0.15, 0.2) is 11.5 Å². The van der Waals surface area contributed by atoms with Crippen LogP contribution in [0.3, 0.4) is 0 Å². The Labute approximate surface area is 189 Å². The molecule has 3 aromatic rings. The van der Waals surface area contributed by atoms with E-state index in [0.29, 0.717) is 25.3 Å². The van der Waals surface area contributed by atoms with Crippen LogP contribution in [-0.2, 0) is 17.6 Å². The predicted molar refractivity (Wildman–Crippen MR) is 119 cm³/mol. The van der Waals surface area contributed by atoms with Crippen LogP contribution >= 0.6 is 11.3 Å². The summed E-state index contributed by atoms with van der Waals surface area (Å²) in [6.45, 7) is -0.111. The molecule has 32 heavy (non-hydrogen) atoms. The van der Waals surface area contributed by atoms with Gasteiger partial charge < -0.3 is 19.5 Å². The number of carbonyl (C=O) groups is 1. The molecule has 0 unspecified atom stereocenters. The average Bonchev–Trinajstić information content (AvgIpc) is 3.22. The molecule has 0 fully saturated rings. The highest BCUT2D eigenvalue weighted by molar-refractivity contribution is 7.13. The molecule has 0 spiro atoms. The van der Waals surface area contributed by atoms with E-state index in [1.54, 1.807) is 12.1 Å². The fourth-order valence-corrected chi connectivity index (χ4v) is 3.92. The van der Waals surface area contributed by atoms with Gasteiger partial charge in [-0.15, -0.1) is 11.3 Å². The summed E-state index contributed by atoms with van der Waals surface area (Å²) in [5.74, 6) is 0.782. The standard InChI is InChI=1S/C23H24F2N2O4S/c1-3-30-18-7-5-4-6-17(18)22-27-16(14-32-22)13-21(28)26-11-10-15-8-9-19(29-2)20(12-15)31-23(24)25/h4-9,12,14,23H,3,10-11,13H2,1-2H3,(H,26,28). The van der Waals surface area contributed by atoms with Gasteiger partial charge in [-0.3, -0.25) is 4.79 Å². The number of hydrogen-bond donors (Lipinski definition) is 1. The monoisotopic (exact) mass is 462 g/mol. The number of rotatable bonds is 11. The smallest absolute Gasteiger partial charge is 0.387 e. The molecule has 6 nitrogen and oxygen atoms in total. The van der Waals surface area contributed by atoms with Gasteiger partial charge >= 0.3 is 6.61 Å². The van der Waals surface area contributed by atoms with E-state index in [0.717, 1.165) is 21.9 Å². The normalized spacial score (nSPS) is 10.8. The molecular formula is C23H24F2N2O4S. The first kappa shape index (κ1) is 23.5. The van der Waals surface area contributed by atoms with E-state index in [1.807, 2.05) is 36.6 Å². The van der Waals surface area contributed by atoms with Crippen molar-refractivity contribution >= 4 is 17.2 Å². The lowest BCUT2D eigenvalue weighted by Gasteiger charge is -2.11. The van der Waals surface area contributed by atoms with Crippen molar-refractivity contribution in [3.05, 3.63) is 59.1 Å². The number of nitrogens with zero attached hydrogens (tertiary/aromatic N) is 1. The minimum Gasteiger partial charge on any atom is -0.493 e. The fourth-order valence-electron chi connectivity index (χ4n) is 3.07. The van der Waals surface area contributed by atoms with Gasteiger partial charge in [-0.1, -0.05) is 18.2 Å². The molecule has 0 atom stereocenters. The summed E-state index contributed by atoms with van der Waals surface area (Å²) < 4.78 is 40.3. The molecule has 0 aliphatic heterocycles. The van der Waals surface area contributed by atoms with Gasteiger partial charge in [-0.05, 0) is 43.2 Å². The molecule has 1 aromatic heterocycles. The number of hydrogen-bond acceptors (Lipinski definition) is 6. The lowest BCUT2D eigenvalue weighted by atomic mass is 10.1. The van der Waals surface area contributed by atoms with Crippen LogP contribution in [0.5, 0.6) is 17.2 Å². The molecule has 1 amide bonds. The van der Waals surface area contributed by atoms with Crippen molar-refractivity contribution < 1.29 is 27.8 Å². The minimum absolute atomic E-state index is 0.0336. The zero-order valence-electron chi connectivity index (χ0n) is 17.8. The van der Waals surface area contributed by atoms with Crippen molar-refractivity contribution in [2.45, 2.75) is 26.4 Å². The molecule has 3 rings (SSSR count). The fraction of sp³-hybridized carbons (Fsp3) is 0.304. The number of alkyl halides is 2. The molecule has 0 bridgehead atoms. The molecule has 170 valence electrons. The van der Waals surface area contributed by atoms with E-state index in [9.17, 15) is 13.6 Å². The number of thiazole rings is 1. The summed E-state index contributed by atoms with van der Waals surface area (Å²) in [4.78, 5) is 16.9. The van der Waals surface area contributed by atoms with Crippen molar-refractivity contribution in [2.24, 2.45) is 0 Å². The van der Waals surface area contributed by atoms with Gasteiger partial charge in [0.1, 0.15) is 10.8 Å². The lowest BCUT2D eigenvalue weighted by Crippen LogP contribution is -2.27. The first-order chi connectivity index (χ1) is 15.5. The first-order valence-corrected chi connectivity index (χ1v) is 10.9. The van der Waals surface area contributed by atoms with E-state index in [1.165, 1.54) is 24.5 Å². The molecule has 1 N–H and O–H groups in total. The van der Waals surface area contributed by atoms with E-state index in [4.69, 9.17) is 9.47 Å². The zero-order valence-corrected chi connectivity index (χ0v) is 18.6. The van der Waals surface area contributed by atoms with Crippen LogP contribution in [0.25, 0.3) is 10.6 Å². The Morgan fingerprint density at radius 1 is 1.16 bits per heavy atom. The summed E-state index contributed by atoms with van der Waals surface area (Å²) >= 11 is 1.46. The van der Waals surface area contributed by atoms with Gasteiger partial charge in [0, 0.05) is 11.9 Å². The van der Waals surface area contributed by atoms with Crippen molar-refractivity contribution in [1.29, 1.82) is 0 Å². The molecule has 0 saturated carbocycles. The maximum atomic E-state index is 12.6. The van der Waals surface area contributed by atoms with Crippen molar-refractivity contribution in [2.75, 3.05) is 20.3 Å². The highest BCUT2D eigenvalue weighted by Crippen LogP contribution is 2.32.